The summed E-state index contributed by atoms with van der Waals surface area (Å²) in [7, 11) is -3.45. The van der Waals surface area contributed by atoms with Gasteiger partial charge in [-0.2, -0.15) is 0 Å². The molecule has 1 saturated carbocycles. The number of benzene rings is 1. The van der Waals surface area contributed by atoms with Crippen LogP contribution in [0.1, 0.15) is 36.1 Å². The first-order valence-corrected chi connectivity index (χ1v) is 10.2. The van der Waals surface area contributed by atoms with E-state index in [0.29, 0.717) is 10.6 Å². The molecule has 3 rings (SSSR count). The lowest BCUT2D eigenvalue weighted by Crippen LogP contribution is -2.43. The van der Waals surface area contributed by atoms with Gasteiger partial charge in [0.25, 0.3) is 0 Å². The van der Waals surface area contributed by atoms with E-state index < -0.39 is 15.6 Å². The summed E-state index contributed by atoms with van der Waals surface area (Å²) in [6, 6.07) is 11.1. The summed E-state index contributed by atoms with van der Waals surface area (Å²) in [4.78, 5) is 1.10. The van der Waals surface area contributed by atoms with Crippen molar-refractivity contribution in [3.63, 3.8) is 0 Å². The van der Waals surface area contributed by atoms with Crippen molar-refractivity contribution >= 4 is 33.0 Å². The van der Waals surface area contributed by atoms with E-state index in [1.165, 1.54) is 0 Å². The monoisotopic (exact) mass is 355 g/mol. The molecule has 0 amide bonds. The van der Waals surface area contributed by atoms with Gasteiger partial charge in [-0.25, -0.2) is 13.1 Å². The van der Waals surface area contributed by atoms with Gasteiger partial charge in [0.15, 0.2) is 0 Å². The summed E-state index contributed by atoms with van der Waals surface area (Å²) in [6.07, 6.45) is 3.81. The van der Waals surface area contributed by atoms with E-state index in [1.54, 1.807) is 35.6 Å². The van der Waals surface area contributed by atoms with Crippen molar-refractivity contribution in [1.82, 2.24) is 4.72 Å². The zero-order chi connectivity index (χ0) is 15.6. The Morgan fingerprint density at radius 1 is 1.14 bits per heavy atom. The number of hydrogen-bond acceptors (Lipinski definition) is 3. The van der Waals surface area contributed by atoms with Crippen LogP contribution < -0.4 is 4.72 Å². The first-order valence-electron chi connectivity index (χ1n) is 7.30. The first-order chi connectivity index (χ1) is 10.5. The van der Waals surface area contributed by atoms with E-state index in [2.05, 4.69) is 4.72 Å². The third kappa shape index (κ3) is 3.38. The second kappa shape index (κ2) is 6.32. The molecule has 1 aromatic carbocycles. The number of sulfonamides is 1. The molecule has 0 spiro atoms. The van der Waals surface area contributed by atoms with Crippen LogP contribution in [0.5, 0.6) is 0 Å². The van der Waals surface area contributed by atoms with Gasteiger partial charge < -0.3 is 0 Å². The summed E-state index contributed by atoms with van der Waals surface area (Å²) in [5.74, 6) is -0.0835. The van der Waals surface area contributed by atoms with Gasteiger partial charge >= 0.3 is 0 Å². The van der Waals surface area contributed by atoms with Crippen LogP contribution in [0.4, 0.5) is 0 Å². The molecule has 1 aromatic heterocycles. The largest absolute Gasteiger partial charge is 0.216 e. The van der Waals surface area contributed by atoms with Crippen LogP contribution in [0, 0.1) is 0 Å². The molecule has 2 aromatic rings. The van der Waals surface area contributed by atoms with Gasteiger partial charge in [0.2, 0.25) is 10.0 Å². The quantitative estimate of drug-likeness (QED) is 0.869. The third-order valence-electron chi connectivity index (χ3n) is 4.10. The van der Waals surface area contributed by atoms with Crippen molar-refractivity contribution in [2.45, 2.75) is 37.0 Å². The molecule has 0 saturated heterocycles. The zero-order valence-corrected chi connectivity index (χ0v) is 14.5. The Morgan fingerprint density at radius 3 is 2.50 bits per heavy atom. The Balaban J connectivity index is 1.85. The lowest BCUT2D eigenvalue weighted by Gasteiger charge is -2.29. The van der Waals surface area contributed by atoms with Crippen LogP contribution in [0.25, 0.3) is 0 Å². The summed E-state index contributed by atoms with van der Waals surface area (Å²) >= 11 is 7.71. The van der Waals surface area contributed by atoms with Gasteiger partial charge in [0.1, 0.15) is 0 Å². The van der Waals surface area contributed by atoms with Gasteiger partial charge in [-0.3, -0.25) is 0 Å². The van der Waals surface area contributed by atoms with E-state index in [4.69, 9.17) is 11.6 Å². The number of hydrogen-bond donors (Lipinski definition) is 1. The SMILES string of the molecule is O=S(=O)(Cc1ccccc1Cl)NC1(c2cccs2)CCCC1. The Bertz CT molecular complexity index is 735. The highest BCUT2D eigenvalue weighted by Gasteiger charge is 2.39. The summed E-state index contributed by atoms with van der Waals surface area (Å²) in [5, 5.41) is 2.49. The standard InChI is InChI=1S/C16H18ClNO2S2/c17-14-7-2-1-6-13(14)12-22(19,20)18-16(9-3-4-10-16)15-8-5-11-21-15/h1-2,5-8,11,18H,3-4,9-10,12H2. The van der Waals surface area contributed by atoms with E-state index in [9.17, 15) is 8.42 Å². The van der Waals surface area contributed by atoms with Gasteiger partial charge in [0, 0.05) is 9.90 Å². The summed E-state index contributed by atoms with van der Waals surface area (Å²) in [6.45, 7) is 0. The highest BCUT2D eigenvalue weighted by Crippen LogP contribution is 2.41. The maximum absolute atomic E-state index is 12.6. The van der Waals surface area contributed by atoms with Crippen molar-refractivity contribution in [1.29, 1.82) is 0 Å². The predicted molar refractivity (Wildman–Crippen MR) is 91.7 cm³/mol. The van der Waals surface area contributed by atoms with Crippen LogP contribution in [-0.4, -0.2) is 8.42 Å². The lowest BCUT2D eigenvalue weighted by molar-refractivity contribution is 0.412. The number of halogens is 1. The number of rotatable bonds is 5. The number of nitrogens with one attached hydrogen (secondary N) is 1. The normalized spacial score (nSPS) is 17.7. The zero-order valence-electron chi connectivity index (χ0n) is 12.1. The smallest absolute Gasteiger partial charge is 0.212 e. The van der Waals surface area contributed by atoms with Crippen LogP contribution in [-0.2, 0) is 21.3 Å². The average molecular weight is 356 g/mol. The molecule has 118 valence electrons. The maximum Gasteiger partial charge on any atom is 0.216 e. The fourth-order valence-corrected chi connectivity index (χ4v) is 6.01. The van der Waals surface area contributed by atoms with Crippen LogP contribution >= 0.6 is 22.9 Å². The van der Waals surface area contributed by atoms with Gasteiger partial charge in [0.05, 0.1) is 11.3 Å². The van der Waals surface area contributed by atoms with Crippen molar-refractivity contribution in [2.75, 3.05) is 0 Å². The van der Waals surface area contributed by atoms with E-state index >= 15 is 0 Å². The minimum atomic E-state index is -3.45. The average Bonchev–Trinajstić information content (AvgIpc) is 3.12. The van der Waals surface area contributed by atoms with Crippen LogP contribution in [0.2, 0.25) is 5.02 Å². The minimum Gasteiger partial charge on any atom is -0.212 e. The fraction of sp³-hybridized carbons (Fsp3) is 0.375. The Hall–Kier alpha value is -0.880. The van der Waals surface area contributed by atoms with Crippen LogP contribution in [0.15, 0.2) is 41.8 Å². The van der Waals surface area contributed by atoms with Crippen molar-refractivity contribution < 1.29 is 8.42 Å². The first kappa shape index (κ1) is 16.0. The maximum atomic E-state index is 12.6. The molecule has 0 bridgehead atoms. The Labute approximate surface area is 140 Å². The molecule has 22 heavy (non-hydrogen) atoms. The summed E-state index contributed by atoms with van der Waals surface area (Å²) < 4.78 is 28.3. The van der Waals surface area contributed by atoms with Crippen molar-refractivity contribution in [2.24, 2.45) is 0 Å². The molecule has 6 heteroatoms. The number of thiophene rings is 1. The molecular formula is C16H18ClNO2S2. The second-order valence-corrected chi connectivity index (χ2v) is 8.80. The molecule has 1 heterocycles. The molecule has 0 radical (unpaired) electrons. The second-order valence-electron chi connectivity index (χ2n) is 5.72. The molecule has 0 atom stereocenters. The molecule has 3 nitrogen and oxygen atoms in total. The summed E-state index contributed by atoms with van der Waals surface area (Å²) in [5.41, 5.74) is 0.199. The fourth-order valence-electron chi connectivity index (χ4n) is 3.08. The molecular weight excluding hydrogens is 338 g/mol. The van der Waals surface area contributed by atoms with Crippen molar-refractivity contribution in [3.8, 4) is 0 Å². The van der Waals surface area contributed by atoms with Crippen LogP contribution in [0.3, 0.4) is 0 Å². The topological polar surface area (TPSA) is 46.2 Å². The highest BCUT2D eigenvalue weighted by atomic mass is 35.5. The van der Waals surface area contributed by atoms with Crippen molar-refractivity contribution in [3.05, 3.63) is 57.2 Å². The highest BCUT2D eigenvalue weighted by molar-refractivity contribution is 7.88. The molecule has 1 N–H and O–H groups in total. The van der Waals surface area contributed by atoms with E-state index in [1.807, 2.05) is 17.5 Å². The minimum absolute atomic E-state index is 0.0835. The lowest BCUT2D eigenvalue weighted by atomic mass is 9.97. The van der Waals surface area contributed by atoms with E-state index in [0.717, 1.165) is 30.6 Å². The molecule has 0 unspecified atom stereocenters. The third-order valence-corrected chi connectivity index (χ3v) is 6.94. The molecule has 1 fully saturated rings. The molecule has 1 aliphatic rings. The molecule has 1 aliphatic carbocycles. The Kier molecular flexibility index (Phi) is 4.59. The van der Waals surface area contributed by atoms with Gasteiger partial charge in [-0.15, -0.1) is 11.3 Å². The molecule has 0 aliphatic heterocycles. The predicted octanol–water partition coefficient (Wildman–Crippen LogP) is 4.29. The van der Waals surface area contributed by atoms with Gasteiger partial charge in [-0.1, -0.05) is 48.7 Å². The van der Waals surface area contributed by atoms with E-state index in [-0.39, 0.29) is 5.75 Å². The Morgan fingerprint density at radius 2 is 1.86 bits per heavy atom. The van der Waals surface area contributed by atoms with Gasteiger partial charge in [-0.05, 0) is 35.9 Å².